The molecule has 0 aliphatic heterocycles. The van der Waals surface area contributed by atoms with E-state index >= 15 is 0 Å². The van der Waals surface area contributed by atoms with Crippen molar-refractivity contribution in [3.8, 4) is 17.4 Å². The fraction of sp³-hybridized carbons (Fsp3) is 0.130. The average molecular weight is 450 g/mol. The fourth-order valence-electron chi connectivity index (χ4n) is 3.05. The molecular weight excluding hydrogens is 430 g/mol. The van der Waals surface area contributed by atoms with Gasteiger partial charge in [-0.1, -0.05) is 0 Å². The molecule has 33 heavy (non-hydrogen) atoms. The maximum absolute atomic E-state index is 13.7. The number of nitrogens with zero attached hydrogens (tertiary/aromatic N) is 4. The van der Waals surface area contributed by atoms with E-state index in [4.69, 9.17) is 4.74 Å². The van der Waals surface area contributed by atoms with E-state index in [9.17, 15) is 13.6 Å². The molecule has 2 aromatic heterocycles. The molecule has 0 saturated heterocycles. The van der Waals surface area contributed by atoms with Gasteiger partial charge in [0.1, 0.15) is 23.7 Å². The zero-order valence-corrected chi connectivity index (χ0v) is 18.1. The lowest BCUT2D eigenvalue weighted by atomic mass is 10.2. The first-order chi connectivity index (χ1) is 15.8. The van der Waals surface area contributed by atoms with Gasteiger partial charge in [0.15, 0.2) is 5.82 Å². The van der Waals surface area contributed by atoms with Crippen LogP contribution in [0, 0.1) is 32.4 Å². The summed E-state index contributed by atoms with van der Waals surface area (Å²) in [5, 5.41) is 9.38. The molecular formula is C23H20F2N6O2. The second-order valence-corrected chi connectivity index (χ2v) is 7.25. The van der Waals surface area contributed by atoms with Gasteiger partial charge in [0.2, 0.25) is 5.88 Å². The SMILES string of the molecule is Cc1nn(-c2cc(Oc3ccc(NC(=O)Nc4ccc(F)cc4F)cc3)ncn2)c(C)c1C. The van der Waals surface area contributed by atoms with Crippen LogP contribution in [0.4, 0.5) is 25.0 Å². The number of carbonyl (C=O) groups excluding carboxylic acids is 1. The Bertz CT molecular complexity index is 1320. The van der Waals surface area contributed by atoms with E-state index in [1.165, 1.54) is 6.33 Å². The van der Waals surface area contributed by atoms with Crippen molar-refractivity contribution in [3.63, 3.8) is 0 Å². The third-order valence-corrected chi connectivity index (χ3v) is 5.01. The highest BCUT2D eigenvalue weighted by molar-refractivity contribution is 5.99. The van der Waals surface area contributed by atoms with Crippen LogP contribution in [0.25, 0.3) is 5.82 Å². The third kappa shape index (κ3) is 4.95. The monoisotopic (exact) mass is 450 g/mol. The number of urea groups is 1. The van der Waals surface area contributed by atoms with Gasteiger partial charge in [0, 0.05) is 23.5 Å². The Hall–Kier alpha value is -4.34. The topological polar surface area (TPSA) is 94.0 Å². The molecule has 0 spiro atoms. The average Bonchev–Trinajstić information content (AvgIpc) is 3.04. The normalized spacial score (nSPS) is 10.7. The summed E-state index contributed by atoms with van der Waals surface area (Å²) < 4.78 is 34.2. The van der Waals surface area contributed by atoms with E-state index in [0.717, 1.165) is 29.1 Å². The zero-order chi connectivity index (χ0) is 23.5. The molecule has 8 nitrogen and oxygen atoms in total. The van der Waals surface area contributed by atoms with Crippen molar-refractivity contribution in [1.82, 2.24) is 19.7 Å². The van der Waals surface area contributed by atoms with E-state index < -0.39 is 17.7 Å². The number of rotatable bonds is 5. The van der Waals surface area contributed by atoms with Crippen molar-refractivity contribution in [1.29, 1.82) is 0 Å². The van der Waals surface area contributed by atoms with Crippen molar-refractivity contribution in [3.05, 3.63) is 83.4 Å². The minimum absolute atomic E-state index is 0.133. The van der Waals surface area contributed by atoms with E-state index in [1.54, 1.807) is 35.0 Å². The summed E-state index contributed by atoms with van der Waals surface area (Å²) in [6.07, 6.45) is 1.39. The number of anilines is 2. The molecule has 4 rings (SSSR count). The number of amides is 2. The lowest BCUT2D eigenvalue weighted by molar-refractivity contribution is 0.262. The Labute approximate surface area is 188 Å². The van der Waals surface area contributed by atoms with Gasteiger partial charge in [-0.3, -0.25) is 0 Å². The molecule has 4 aromatic rings. The Morgan fingerprint density at radius 2 is 1.73 bits per heavy atom. The number of aromatic nitrogens is 4. The molecule has 0 atom stereocenters. The minimum atomic E-state index is -0.867. The van der Waals surface area contributed by atoms with Crippen LogP contribution in [-0.4, -0.2) is 25.8 Å². The van der Waals surface area contributed by atoms with Crippen LogP contribution in [0.2, 0.25) is 0 Å². The summed E-state index contributed by atoms with van der Waals surface area (Å²) in [5.41, 5.74) is 3.30. The van der Waals surface area contributed by atoms with Crippen molar-refractivity contribution < 1.29 is 18.3 Å². The molecule has 2 aromatic carbocycles. The van der Waals surface area contributed by atoms with Crippen LogP contribution >= 0.6 is 0 Å². The third-order valence-electron chi connectivity index (χ3n) is 5.01. The number of carbonyl (C=O) groups is 1. The number of halogens is 2. The Kier molecular flexibility index (Phi) is 5.99. The van der Waals surface area contributed by atoms with Crippen LogP contribution in [0.1, 0.15) is 17.0 Å². The lowest BCUT2D eigenvalue weighted by Crippen LogP contribution is -2.20. The minimum Gasteiger partial charge on any atom is -0.439 e. The number of aryl methyl sites for hydroxylation is 1. The van der Waals surface area contributed by atoms with Crippen LogP contribution in [-0.2, 0) is 0 Å². The first-order valence-electron chi connectivity index (χ1n) is 9.96. The van der Waals surface area contributed by atoms with Crippen LogP contribution in [0.3, 0.4) is 0 Å². The Balaban J connectivity index is 1.41. The summed E-state index contributed by atoms with van der Waals surface area (Å²) in [6.45, 7) is 5.90. The number of nitrogens with one attached hydrogen (secondary N) is 2. The summed E-state index contributed by atoms with van der Waals surface area (Å²) >= 11 is 0. The van der Waals surface area contributed by atoms with Gasteiger partial charge in [-0.05, 0) is 62.7 Å². The van der Waals surface area contributed by atoms with Gasteiger partial charge in [-0.2, -0.15) is 5.10 Å². The maximum atomic E-state index is 13.7. The van der Waals surface area contributed by atoms with Gasteiger partial charge in [0.05, 0.1) is 11.4 Å². The quantitative estimate of drug-likeness (QED) is 0.430. The maximum Gasteiger partial charge on any atom is 0.323 e. The van der Waals surface area contributed by atoms with Gasteiger partial charge < -0.3 is 15.4 Å². The molecule has 0 bridgehead atoms. The standard InChI is InChI=1S/C23H20F2N6O2/c1-13-14(2)30-31(15(13)3)21-11-22(27-12-26-21)33-18-7-5-17(6-8-18)28-23(32)29-20-9-4-16(24)10-19(20)25/h4-12H,1-3H3,(H2,28,29,32). The van der Waals surface area contributed by atoms with Crippen LogP contribution in [0.5, 0.6) is 11.6 Å². The second kappa shape index (κ2) is 9.03. The van der Waals surface area contributed by atoms with Crippen LogP contribution in [0.15, 0.2) is 54.9 Å². The zero-order valence-electron chi connectivity index (χ0n) is 18.1. The molecule has 0 aliphatic carbocycles. The molecule has 10 heteroatoms. The summed E-state index contributed by atoms with van der Waals surface area (Å²) in [6, 6.07) is 10.4. The highest BCUT2D eigenvalue weighted by Crippen LogP contribution is 2.24. The summed E-state index contributed by atoms with van der Waals surface area (Å²) in [5.74, 6) is -0.199. The summed E-state index contributed by atoms with van der Waals surface area (Å²) in [4.78, 5) is 20.5. The van der Waals surface area contributed by atoms with Gasteiger partial charge >= 0.3 is 6.03 Å². The van der Waals surface area contributed by atoms with E-state index in [1.807, 2.05) is 20.8 Å². The van der Waals surface area contributed by atoms with Crippen molar-refractivity contribution >= 4 is 17.4 Å². The highest BCUT2D eigenvalue weighted by atomic mass is 19.1. The van der Waals surface area contributed by atoms with Crippen molar-refractivity contribution in [2.75, 3.05) is 10.6 Å². The first-order valence-corrected chi connectivity index (χ1v) is 9.96. The molecule has 2 amide bonds. The van der Waals surface area contributed by atoms with E-state index in [0.29, 0.717) is 29.2 Å². The first kappa shape index (κ1) is 21.9. The smallest absolute Gasteiger partial charge is 0.323 e. The van der Waals surface area contributed by atoms with Crippen molar-refractivity contribution in [2.24, 2.45) is 0 Å². The Morgan fingerprint density at radius 1 is 0.970 bits per heavy atom. The van der Waals surface area contributed by atoms with E-state index in [-0.39, 0.29) is 5.69 Å². The number of benzene rings is 2. The highest BCUT2D eigenvalue weighted by Gasteiger charge is 2.12. The molecule has 2 N–H and O–H groups in total. The number of ether oxygens (including phenoxy) is 1. The molecule has 0 aliphatic rings. The van der Waals surface area contributed by atoms with Gasteiger partial charge in [-0.15, -0.1) is 0 Å². The number of hydrogen-bond donors (Lipinski definition) is 2. The summed E-state index contributed by atoms with van der Waals surface area (Å²) in [7, 11) is 0. The predicted octanol–water partition coefficient (Wildman–Crippen LogP) is 5.30. The molecule has 0 saturated carbocycles. The van der Waals surface area contributed by atoms with Gasteiger partial charge in [0.25, 0.3) is 0 Å². The van der Waals surface area contributed by atoms with Crippen molar-refractivity contribution in [2.45, 2.75) is 20.8 Å². The molecule has 2 heterocycles. The second-order valence-electron chi connectivity index (χ2n) is 7.25. The molecule has 0 fully saturated rings. The van der Waals surface area contributed by atoms with Crippen LogP contribution < -0.4 is 15.4 Å². The Morgan fingerprint density at radius 3 is 2.39 bits per heavy atom. The molecule has 0 unspecified atom stereocenters. The number of hydrogen-bond acceptors (Lipinski definition) is 5. The fourth-order valence-corrected chi connectivity index (χ4v) is 3.05. The largest absolute Gasteiger partial charge is 0.439 e. The lowest BCUT2D eigenvalue weighted by Gasteiger charge is -2.10. The molecule has 168 valence electrons. The molecule has 0 radical (unpaired) electrons. The van der Waals surface area contributed by atoms with E-state index in [2.05, 4.69) is 25.7 Å². The van der Waals surface area contributed by atoms with Gasteiger partial charge in [-0.25, -0.2) is 28.2 Å². The predicted molar refractivity (Wildman–Crippen MR) is 119 cm³/mol.